The van der Waals surface area contributed by atoms with E-state index in [1.807, 2.05) is 30.0 Å². The molecule has 1 aromatic carbocycles. The maximum Gasteiger partial charge on any atom is 0.239 e. The zero-order chi connectivity index (χ0) is 14.7. The molecule has 1 N–H and O–H groups in total. The van der Waals surface area contributed by atoms with Crippen LogP contribution in [0.3, 0.4) is 0 Å². The minimum atomic E-state index is -0.156. The van der Waals surface area contributed by atoms with E-state index in [9.17, 15) is 4.79 Å². The summed E-state index contributed by atoms with van der Waals surface area (Å²) in [6, 6.07) is 5.76. The second-order valence-corrected chi connectivity index (χ2v) is 5.61. The number of fused-ring (bicyclic) bond motifs is 1. The molecule has 1 amide bonds. The van der Waals surface area contributed by atoms with E-state index < -0.39 is 0 Å². The molecular formula is C16H22N2O3. The van der Waals surface area contributed by atoms with Crippen LogP contribution < -0.4 is 14.8 Å². The average Bonchev–Trinajstić information content (AvgIpc) is 3.06. The van der Waals surface area contributed by atoms with Gasteiger partial charge in [0.1, 0.15) is 13.2 Å². The Bertz CT molecular complexity index is 512. The molecule has 5 heteroatoms. The van der Waals surface area contributed by atoms with Crippen LogP contribution in [-0.4, -0.2) is 43.2 Å². The van der Waals surface area contributed by atoms with Gasteiger partial charge in [0.25, 0.3) is 0 Å². The van der Waals surface area contributed by atoms with Gasteiger partial charge < -0.3 is 19.7 Å². The number of rotatable bonds is 4. The van der Waals surface area contributed by atoms with E-state index in [2.05, 4.69) is 5.32 Å². The topological polar surface area (TPSA) is 50.8 Å². The zero-order valence-corrected chi connectivity index (χ0v) is 12.4. The molecule has 1 saturated heterocycles. The molecule has 21 heavy (non-hydrogen) atoms. The highest BCUT2D eigenvalue weighted by molar-refractivity contribution is 5.81. The van der Waals surface area contributed by atoms with Crippen molar-refractivity contribution in [2.75, 3.05) is 26.3 Å². The molecule has 2 heterocycles. The van der Waals surface area contributed by atoms with Gasteiger partial charge in [0.2, 0.25) is 5.91 Å². The number of hydrogen-bond donors (Lipinski definition) is 1. The number of carbonyl (C=O) groups is 1. The van der Waals surface area contributed by atoms with Crippen molar-refractivity contribution < 1.29 is 14.3 Å². The summed E-state index contributed by atoms with van der Waals surface area (Å²) in [7, 11) is 0. The van der Waals surface area contributed by atoms with Crippen molar-refractivity contribution in [1.82, 2.24) is 10.2 Å². The number of hydrogen-bond acceptors (Lipinski definition) is 4. The molecule has 2 aliphatic heterocycles. The Morgan fingerprint density at radius 1 is 1.24 bits per heavy atom. The van der Waals surface area contributed by atoms with Crippen LogP contribution >= 0.6 is 0 Å². The smallest absolute Gasteiger partial charge is 0.239 e. The summed E-state index contributed by atoms with van der Waals surface area (Å²) in [6.45, 7) is 5.57. The van der Waals surface area contributed by atoms with Gasteiger partial charge in [-0.25, -0.2) is 0 Å². The molecule has 0 radical (unpaired) electrons. The second-order valence-electron chi connectivity index (χ2n) is 5.61. The van der Waals surface area contributed by atoms with Gasteiger partial charge >= 0.3 is 0 Å². The predicted octanol–water partition coefficient (Wildman–Crippen LogP) is 1.56. The fourth-order valence-corrected chi connectivity index (χ4v) is 2.77. The highest BCUT2D eigenvalue weighted by Crippen LogP contribution is 2.30. The number of benzene rings is 1. The van der Waals surface area contributed by atoms with E-state index in [0.29, 0.717) is 19.8 Å². The van der Waals surface area contributed by atoms with Crippen LogP contribution in [0, 0.1) is 0 Å². The standard InChI is InChI=1S/C16H22N2O3/c1-12(16(19)18-6-2-3-7-18)17-11-13-4-5-14-15(10-13)21-9-8-20-14/h4-5,10,12,17H,2-3,6-9,11H2,1H3. The third kappa shape index (κ3) is 3.29. The molecule has 1 aromatic rings. The first-order valence-corrected chi connectivity index (χ1v) is 7.65. The monoisotopic (exact) mass is 290 g/mol. The van der Waals surface area contributed by atoms with Crippen molar-refractivity contribution in [3.05, 3.63) is 23.8 Å². The van der Waals surface area contributed by atoms with Crippen LogP contribution in [0.4, 0.5) is 0 Å². The average molecular weight is 290 g/mol. The van der Waals surface area contributed by atoms with Crippen molar-refractivity contribution in [2.24, 2.45) is 0 Å². The molecule has 3 rings (SSSR count). The molecule has 0 saturated carbocycles. The lowest BCUT2D eigenvalue weighted by molar-refractivity contribution is -0.131. The summed E-state index contributed by atoms with van der Waals surface area (Å²) >= 11 is 0. The van der Waals surface area contributed by atoms with Crippen molar-refractivity contribution in [3.63, 3.8) is 0 Å². The van der Waals surface area contributed by atoms with Crippen molar-refractivity contribution in [1.29, 1.82) is 0 Å². The van der Waals surface area contributed by atoms with Gasteiger partial charge in [-0.05, 0) is 37.5 Å². The first-order chi connectivity index (χ1) is 10.2. The number of carbonyl (C=O) groups excluding carboxylic acids is 1. The third-order valence-corrected chi connectivity index (χ3v) is 4.01. The van der Waals surface area contributed by atoms with Crippen LogP contribution in [0.2, 0.25) is 0 Å². The number of nitrogens with one attached hydrogen (secondary N) is 1. The minimum Gasteiger partial charge on any atom is -0.486 e. The number of nitrogens with zero attached hydrogens (tertiary/aromatic N) is 1. The van der Waals surface area contributed by atoms with Gasteiger partial charge in [-0.15, -0.1) is 0 Å². The molecule has 2 aliphatic rings. The molecular weight excluding hydrogens is 268 g/mol. The van der Waals surface area contributed by atoms with E-state index in [1.165, 1.54) is 0 Å². The summed E-state index contributed by atoms with van der Waals surface area (Å²) in [5, 5.41) is 3.29. The predicted molar refractivity (Wildman–Crippen MR) is 79.5 cm³/mol. The third-order valence-electron chi connectivity index (χ3n) is 4.01. The van der Waals surface area contributed by atoms with Gasteiger partial charge in [0.15, 0.2) is 11.5 Å². The van der Waals surface area contributed by atoms with Crippen LogP contribution in [-0.2, 0) is 11.3 Å². The van der Waals surface area contributed by atoms with E-state index in [1.54, 1.807) is 0 Å². The lowest BCUT2D eigenvalue weighted by atomic mass is 10.1. The van der Waals surface area contributed by atoms with Crippen LogP contribution in [0.1, 0.15) is 25.3 Å². The Kier molecular flexibility index (Phi) is 4.29. The molecule has 1 atom stereocenters. The van der Waals surface area contributed by atoms with Crippen molar-refractivity contribution >= 4 is 5.91 Å². The summed E-state index contributed by atoms with van der Waals surface area (Å²) in [6.07, 6.45) is 2.25. The molecule has 0 aliphatic carbocycles. The number of ether oxygens (including phenoxy) is 2. The molecule has 0 bridgehead atoms. The Balaban J connectivity index is 1.55. The SMILES string of the molecule is CC(NCc1ccc2c(c1)OCCO2)C(=O)N1CCCC1. The number of amides is 1. The Labute approximate surface area is 125 Å². The highest BCUT2D eigenvalue weighted by atomic mass is 16.6. The second kappa shape index (κ2) is 6.35. The Hall–Kier alpha value is -1.75. The van der Waals surface area contributed by atoms with Gasteiger partial charge in [-0.2, -0.15) is 0 Å². The van der Waals surface area contributed by atoms with Gasteiger partial charge in [0.05, 0.1) is 6.04 Å². The van der Waals surface area contributed by atoms with Crippen LogP contribution in [0.25, 0.3) is 0 Å². The lowest BCUT2D eigenvalue weighted by Crippen LogP contribution is -2.43. The van der Waals surface area contributed by atoms with Crippen molar-refractivity contribution in [2.45, 2.75) is 32.4 Å². The largest absolute Gasteiger partial charge is 0.486 e. The fourth-order valence-electron chi connectivity index (χ4n) is 2.77. The van der Waals surface area contributed by atoms with E-state index in [0.717, 1.165) is 43.0 Å². The molecule has 114 valence electrons. The first-order valence-electron chi connectivity index (χ1n) is 7.65. The van der Waals surface area contributed by atoms with Gasteiger partial charge in [-0.1, -0.05) is 6.07 Å². The zero-order valence-electron chi connectivity index (χ0n) is 12.4. The molecule has 0 aromatic heterocycles. The van der Waals surface area contributed by atoms with E-state index in [-0.39, 0.29) is 11.9 Å². The highest BCUT2D eigenvalue weighted by Gasteiger charge is 2.22. The van der Waals surface area contributed by atoms with Crippen LogP contribution in [0.15, 0.2) is 18.2 Å². The fraction of sp³-hybridized carbons (Fsp3) is 0.562. The lowest BCUT2D eigenvalue weighted by Gasteiger charge is -2.22. The van der Waals surface area contributed by atoms with Gasteiger partial charge in [0, 0.05) is 19.6 Å². The van der Waals surface area contributed by atoms with Gasteiger partial charge in [-0.3, -0.25) is 4.79 Å². The molecule has 0 spiro atoms. The first kappa shape index (κ1) is 14.2. The minimum absolute atomic E-state index is 0.156. The Morgan fingerprint density at radius 2 is 1.95 bits per heavy atom. The summed E-state index contributed by atoms with van der Waals surface area (Å²) in [5.74, 6) is 1.79. The van der Waals surface area contributed by atoms with Crippen molar-refractivity contribution in [3.8, 4) is 11.5 Å². The van der Waals surface area contributed by atoms with E-state index in [4.69, 9.17) is 9.47 Å². The normalized spacial score (nSPS) is 18.6. The molecule has 1 fully saturated rings. The summed E-state index contributed by atoms with van der Waals surface area (Å²) < 4.78 is 11.1. The summed E-state index contributed by atoms with van der Waals surface area (Å²) in [5.41, 5.74) is 1.10. The quantitative estimate of drug-likeness (QED) is 0.914. The summed E-state index contributed by atoms with van der Waals surface area (Å²) in [4.78, 5) is 14.2. The van der Waals surface area contributed by atoms with E-state index >= 15 is 0 Å². The maximum atomic E-state index is 12.2. The van der Waals surface area contributed by atoms with Crippen LogP contribution in [0.5, 0.6) is 11.5 Å². The number of likely N-dealkylation sites (tertiary alicyclic amines) is 1. The Morgan fingerprint density at radius 3 is 2.71 bits per heavy atom. The maximum absolute atomic E-state index is 12.2. The molecule has 5 nitrogen and oxygen atoms in total. The molecule has 1 unspecified atom stereocenters.